The van der Waals surface area contributed by atoms with Gasteiger partial charge in [-0.1, -0.05) is 18.2 Å². The number of Topliss-reactive ketones (excluding diaryl/α,β-unsaturated/α-hetero) is 1. The molecule has 6 heteroatoms. The van der Waals surface area contributed by atoms with Crippen LogP contribution in [0.3, 0.4) is 0 Å². The molecule has 0 aliphatic carbocycles. The normalized spacial score (nSPS) is 10.2. The zero-order valence-electron chi connectivity index (χ0n) is 13.2. The Morgan fingerprint density at radius 2 is 1.83 bits per heavy atom. The highest BCUT2D eigenvalue weighted by Crippen LogP contribution is 2.19. The molecule has 120 valence electrons. The lowest BCUT2D eigenvalue weighted by molar-refractivity contribution is -0.119. The van der Waals surface area contributed by atoms with Crippen LogP contribution >= 0.6 is 0 Å². The maximum absolute atomic E-state index is 11.9. The summed E-state index contributed by atoms with van der Waals surface area (Å²) in [5.41, 5.74) is 3.10. The zero-order valence-corrected chi connectivity index (χ0v) is 13.2. The van der Waals surface area contributed by atoms with Crippen molar-refractivity contribution in [3.05, 3.63) is 52.8 Å². The van der Waals surface area contributed by atoms with Crippen molar-refractivity contribution in [3.8, 4) is 0 Å². The van der Waals surface area contributed by atoms with Gasteiger partial charge in [0.25, 0.3) is 5.91 Å². The van der Waals surface area contributed by atoms with Crippen molar-refractivity contribution in [1.29, 1.82) is 0 Å². The fraction of sp³-hybridized carbons (Fsp3) is 0.235. The maximum atomic E-state index is 11.9. The van der Waals surface area contributed by atoms with Crippen LogP contribution in [0, 0.1) is 13.8 Å². The predicted molar refractivity (Wildman–Crippen MR) is 85.6 cm³/mol. The summed E-state index contributed by atoms with van der Waals surface area (Å²) in [6, 6.07) is 7.07. The number of hydrogen-bond donors (Lipinski definition) is 2. The number of anilines is 1. The van der Waals surface area contributed by atoms with Crippen molar-refractivity contribution >= 4 is 23.3 Å². The molecule has 0 saturated carbocycles. The van der Waals surface area contributed by atoms with Gasteiger partial charge >= 0.3 is 5.97 Å². The monoisotopic (exact) mass is 314 g/mol. The first-order valence-corrected chi connectivity index (χ1v) is 7.11. The van der Waals surface area contributed by atoms with Crippen LogP contribution < -0.4 is 5.32 Å². The molecule has 2 N–H and O–H groups in total. The van der Waals surface area contributed by atoms with Crippen molar-refractivity contribution in [2.24, 2.45) is 0 Å². The second-order valence-corrected chi connectivity index (χ2v) is 5.25. The largest absolute Gasteiger partial charge is 0.451 e. The molecule has 0 radical (unpaired) electrons. The number of para-hydroxylation sites is 1. The molecule has 1 heterocycles. The van der Waals surface area contributed by atoms with Crippen molar-refractivity contribution in [2.75, 3.05) is 11.9 Å². The highest BCUT2D eigenvalue weighted by molar-refractivity contribution is 5.98. The molecule has 23 heavy (non-hydrogen) atoms. The highest BCUT2D eigenvalue weighted by Gasteiger charge is 2.14. The Labute approximate surface area is 133 Å². The minimum atomic E-state index is -0.686. The van der Waals surface area contributed by atoms with Crippen LogP contribution in [0.25, 0.3) is 0 Å². The first-order valence-electron chi connectivity index (χ1n) is 7.11. The molecule has 1 aromatic carbocycles. The van der Waals surface area contributed by atoms with E-state index in [1.807, 2.05) is 32.0 Å². The zero-order chi connectivity index (χ0) is 17.0. The third kappa shape index (κ3) is 4.06. The van der Waals surface area contributed by atoms with Crippen LogP contribution in [0.1, 0.15) is 38.9 Å². The summed E-state index contributed by atoms with van der Waals surface area (Å²) in [5.74, 6) is -1.27. The summed E-state index contributed by atoms with van der Waals surface area (Å²) in [4.78, 5) is 37.6. The Morgan fingerprint density at radius 3 is 2.39 bits per heavy atom. The van der Waals surface area contributed by atoms with Gasteiger partial charge in [-0.05, 0) is 38.0 Å². The average Bonchev–Trinajstić information content (AvgIpc) is 2.99. The summed E-state index contributed by atoms with van der Waals surface area (Å²) >= 11 is 0. The highest BCUT2D eigenvalue weighted by atomic mass is 16.5. The van der Waals surface area contributed by atoms with Gasteiger partial charge < -0.3 is 15.0 Å². The van der Waals surface area contributed by atoms with Gasteiger partial charge in [0.15, 0.2) is 12.4 Å². The molecule has 1 amide bonds. The number of aryl methyl sites for hydroxylation is 2. The van der Waals surface area contributed by atoms with E-state index in [-0.39, 0.29) is 11.5 Å². The summed E-state index contributed by atoms with van der Waals surface area (Å²) in [6.45, 7) is 4.77. The number of aromatic amines is 1. The van der Waals surface area contributed by atoms with Crippen LogP contribution in [-0.2, 0) is 9.53 Å². The fourth-order valence-corrected chi connectivity index (χ4v) is 2.11. The number of ether oxygens (including phenoxy) is 1. The predicted octanol–water partition coefficient (Wildman–Crippen LogP) is 2.63. The van der Waals surface area contributed by atoms with Crippen LogP contribution in [0.2, 0.25) is 0 Å². The minimum Gasteiger partial charge on any atom is -0.451 e. The van der Waals surface area contributed by atoms with Gasteiger partial charge in [-0.2, -0.15) is 0 Å². The Kier molecular flexibility index (Phi) is 4.95. The number of H-pyrrole nitrogens is 1. The molecule has 0 saturated heterocycles. The molecule has 0 aliphatic rings. The van der Waals surface area contributed by atoms with E-state index in [4.69, 9.17) is 4.74 Å². The van der Waals surface area contributed by atoms with Gasteiger partial charge in [0.2, 0.25) is 0 Å². The van der Waals surface area contributed by atoms with E-state index in [0.29, 0.717) is 11.3 Å². The van der Waals surface area contributed by atoms with Crippen LogP contribution in [0.5, 0.6) is 0 Å². The first kappa shape index (κ1) is 16.5. The Hall–Kier alpha value is -2.89. The molecule has 2 rings (SSSR count). The van der Waals surface area contributed by atoms with Gasteiger partial charge in [0.05, 0.1) is 0 Å². The molecular weight excluding hydrogens is 296 g/mol. The molecule has 0 fully saturated rings. The topological polar surface area (TPSA) is 88.3 Å². The smallest absolute Gasteiger partial charge is 0.355 e. The molecule has 1 aromatic heterocycles. The molecule has 6 nitrogen and oxygen atoms in total. The number of carbonyl (C=O) groups is 3. The lowest BCUT2D eigenvalue weighted by Gasteiger charge is -2.11. The summed E-state index contributed by atoms with van der Waals surface area (Å²) in [7, 11) is 0. The van der Waals surface area contributed by atoms with Crippen molar-refractivity contribution in [2.45, 2.75) is 20.8 Å². The Balaban J connectivity index is 1.93. The van der Waals surface area contributed by atoms with Gasteiger partial charge in [0.1, 0.15) is 5.69 Å². The summed E-state index contributed by atoms with van der Waals surface area (Å²) in [5, 5.41) is 2.73. The van der Waals surface area contributed by atoms with Crippen LogP contribution in [-0.4, -0.2) is 29.3 Å². The SMILES string of the molecule is CC(=O)c1c[nH]c(C(=O)OCC(=O)Nc2c(C)cccc2C)c1. The number of aromatic nitrogens is 1. The summed E-state index contributed by atoms with van der Waals surface area (Å²) in [6.07, 6.45) is 1.43. The number of benzene rings is 1. The number of rotatable bonds is 5. The van der Waals surface area contributed by atoms with E-state index in [9.17, 15) is 14.4 Å². The second-order valence-electron chi connectivity index (χ2n) is 5.25. The third-order valence-electron chi connectivity index (χ3n) is 3.39. The van der Waals surface area contributed by atoms with Gasteiger partial charge in [-0.15, -0.1) is 0 Å². The minimum absolute atomic E-state index is 0.134. The Bertz CT molecular complexity index is 741. The molecule has 0 bridgehead atoms. The van der Waals surface area contributed by atoms with Gasteiger partial charge in [-0.3, -0.25) is 9.59 Å². The number of ketones is 1. The molecule has 0 unspecified atom stereocenters. The number of carbonyl (C=O) groups excluding carboxylic acids is 3. The van der Waals surface area contributed by atoms with Crippen molar-refractivity contribution in [1.82, 2.24) is 4.98 Å². The Morgan fingerprint density at radius 1 is 1.17 bits per heavy atom. The molecule has 2 aromatic rings. The number of hydrogen-bond acceptors (Lipinski definition) is 4. The van der Waals surface area contributed by atoms with E-state index in [0.717, 1.165) is 11.1 Å². The van der Waals surface area contributed by atoms with Crippen molar-refractivity contribution in [3.63, 3.8) is 0 Å². The first-order chi connectivity index (χ1) is 10.9. The van der Waals surface area contributed by atoms with E-state index in [1.165, 1.54) is 19.2 Å². The quantitative estimate of drug-likeness (QED) is 0.656. The number of esters is 1. The third-order valence-corrected chi connectivity index (χ3v) is 3.39. The number of amides is 1. The van der Waals surface area contributed by atoms with Crippen LogP contribution in [0.15, 0.2) is 30.5 Å². The maximum Gasteiger partial charge on any atom is 0.355 e. The summed E-state index contributed by atoms with van der Waals surface area (Å²) < 4.78 is 4.94. The van der Waals surface area contributed by atoms with Gasteiger partial charge in [0, 0.05) is 17.4 Å². The lowest BCUT2D eigenvalue weighted by atomic mass is 10.1. The molecule has 0 aliphatic heterocycles. The second kappa shape index (κ2) is 6.91. The van der Waals surface area contributed by atoms with E-state index < -0.39 is 18.5 Å². The van der Waals surface area contributed by atoms with Crippen LogP contribution in [0.4, 0.5) is 5.69 Å². The van der Waals surface area contributed by atoms with E-state index in [2.05, 4.69) is 10.3 Å². The molecule has 0 atom stereocenters. The van der Waals surface area contributed by atoms with Crippen molar-refractivity contribution < 1.29 is 19.1 Å². The average molecular weight is 314 g/mol. The molecular formula is C17H18N2O4. The fourth-order valence-electron chi connectivity index (χ4n) is 2.11. The molecule has 0 spiro atoms. The van der Waals surface area contributed by atoms with E-state index in [1.54, 1.807) is 0 Å². The van der Waals surface area contributed by atoms with E-state index >= 15 is 0 Å². The number of nitrogens with one attached hydrogen (secondary N) is 2. The lowest BCUT2D eigenvalue weighted by Crippen LogP contribution is -2.22. The standard InChI is InChI=1S/C17H18N2O4/c1-10-5-4-6-11(2)16(10)19-15(21)9-23-17(22)14-7-13(8-18-14)12(3)20/h4-8,18H,9H2,1-3H3,(H,19,21). The van der Waals surface area contributed by atoms with Gasteiger partial charge in [-0.25, -0.2) is 4.79 Å².